The van der Waals surface area contributed by atoms with Gasteiger partial charge in [0.2, 0.25) is 0 Å². The number of rotatable bonds is 2. The lowest BCUT2D eigenvalue weighted by Crippen LogP contribution is -2.63. The van der Waals surface area contributed by atoms with Crippen LogP contribution in [0.4, 0.5) is 0 Å². The first-order valence-electron chi connectivity index (χ1n) is 10.2. The third-order valence-corrected chi connectivity index (χ3v) is 9.11. The molecule has 4 fully saturated rings. The molecular formula is C22H28O6. The number of aliphatic hydroxyl groups excluding tert-OH is 2. The topological polar surface area (TPSA) is 107 Å². The van der Waals surface area contributed by atoms with Gasteiger partial charge in [-0.25, -0.2) is 0 Å². The summed E-state index contributed by atoms with van der Waals surface area (Å²) in [7, 11) is 0. The highest BCUT2D eigenvalue weighted by molar-refractivity contribution is 6.01. The van der Waals surface area contributed by atoms with Crippen LogP contribution in [0.5, 0.6) is 0 Å². The van der Waals surface area contributed by atoms with Crippen molar-refractivity contribution in [3.63, 3.8) is 0 Å². The molecule has 28 heavy (non-hydrogen) atoms. The van der Waals surface area contributed by atoms with Crippen LogP contribution in [-0.2, 0) is 14.3 Å². The third kappa shape index (κ3) is 1.76. The number of Topliss-reactive ketones (excluding diaryl/α,β-unsaturated/α-hetero) is 1. The largest absolute Gasteiger partial charge is 0.389 e. The molecule has 9 atom stereocenters. The summed E-state index contributed by atoms with van der Waals surface area (Å²) in [5.41, 5.74) is -2.67. The van der Waals surface area contributed by atoms with E-state index in [9.17, 15) is 24.9 Å². The summed E-state index contributed by atoms with van der Waals surface area (Å²) in [5.74, 6) is -0.960. The van der Waals surface area contributed by atoms with Crippen molar-refractivity contribution in [2.75, 3.05) is 6.61 Å². The molecule has 0 radical (unpaired) electrons. The average Bonchev–Trinajstić information content (AvgIpc) is 3.34. The van der Waals surface area contributed by atoms with E-state index in [0.717, 1.165) is 5.57 Å². The molecule has 3 N–H and O–H groups in total. The fourth-order valence-corrected chi connectivity index (χ4v) is 7.73. The van der Waals surface area contributed by atoms with E-state index < -0.39 is 40.5 Å². The highest BCUT2D eigenvalue weighted by Crippen LogP contribution is 2.76. The van der Waals surface area contributed by atoms with Gasteiger partial charge in [-0.1, -0.05) is 19.9 Å². The Balaban J connectivity index is 1.63. The van der Waals surface area contributed by atoms with Gasteiger partial charge < -0.3 is 20.1 Å². The van der Waals surface area contributed by atoms with E-state index in [0.29, 0.717) is 19.3 Å². The minimum atomic E-state index is -1.59. The lowest BCUT2D eigenvalue weighted by Gasteiger charge is -2.56. The van der Waals surface area contributed by atoms with Crippen LogP contribution >= 0.6 is 0 Å². The molecule has 152 valence electrons. The van der Waals surface area contributed by atoms with E-state index in [1.807, 2.05) is 26.8 Å². The van der Waals surface area contributed by atoms with Crippen LogP contribution in [0.2, 0.25) is 0 Å². The number of carbonyl (C=O) groups is 2. The molecule has 5 rings (SSSR count). The van der Waals surface area contributed by atoms with Gasteiger partial charge in [0.1, 0.15) is 17.8 Å². The average molecular weight is 388 g/mol. The predicted octanol–water partition coefficient (Wildman–Crippen LogP) is 0.935. The first kappa shape index (κ1) is 18.7. The van der Waals surface area contributed by atoms with Crippen molar-refractivity contribution in [3.8, 4) is 0 Å². The van der Waals surface area contributed by atoms with Crippen molar-refractivity contribution in [2.45, 2.75) is 63.4 Å². The number of carbonyl (C=O) groups excluding carboxylic acids is 2. The number of hydrogen-bond acceptors (Lipinski definition) is 6. The normalized spacial score (nSPS) is 56.3. The molecule has 0 unspecified atom stereocenters. The molecular weight excluding hydrogens is 360 g/mol. The van der Waals surface area contributed by atoms with E-state index in [1.54, 1.807) is 12.2 Å². The number of epoxide rings is 1. The standard InChI is InChI=1S/C22H28O6/c1-11-6-13-14-8-16(25)15-7-12(24)4-5-19(15,2)22(14)18(28-22)9-20(13,3)21(11,27)17(26)10-23/h4-5,7,11,13-14,16,18,23,25,27H,6,8-10H2,1-3H3/t11-,13+,14+,16+,18+,19+,20+,21+,22-/m1/s1. The zero-order valence-electron chi connectivity index (χ0n) is 16.5. The maximum atomic E-state index is 12.6. The van der Waals surface area contributed by atoms with Crippen LogP contribution in [0.3, 0.4) is 0 Å². The molecule has 0 aromatic carbocycles. The van der Waals surface area contributed by atoms with E-state index in [4.69, 9.17) is 4.74 Å². The molecule has 1 spiro atoms. The summed E-state index contributed by atoms with van der Waals surface area (Å²) in [4.78, 5) is 24.6. The number of ether oxygens (including phenoxy) is 1. The molecule has 0 aromatic rings. The van der Waals surface area contributed by atoms with E-state index in [-0.39, 0.29) is 29.6 Å². The number of ketones is 2. The highest BCUT2D eigenvalue weighted by atomic mass is 16.6. The maximum absolute atomic E-state index is 12.6. The van der Waals surface area contributed by atoms with Crippen LogP contribution in [0.25, 0.3) is 0 Å². The Morgan fingerprint density at radius 2 is 2.00 bits per heavy atom. The van der Waals surface area contributed by atoms with Gasteiger partial charge in [-0.3, -0.25) is 9.59 Å². The minimum absolute atomic E-state index is 0.0131. The maximum Gasteiger partial charge on any atom is 0.190 e. The lowest BCUT2D eigenvalue weighted by molar-refractivity contribution is -0.166. The molecule has 0 amide bonds. The van der Waals surface area contributed by atoms with Gasteiger partial charge in [-0.15, -0.1) is 0 Å². The molecule has 3 saturated carbocycles. The first-order valence-corrected chi connectivity index (χ1v) is 10.2. The molecule has 1 aliphatic heterocycles. The Kier molecular flexibility index (Phi) is 3.48. The third-order valence-electron chi connectivity index (χ3n) is 9.11. The molecule has 0 bridgehead atoms. The van der Waals surface area contributed by atoms with Gasteiger partial charge in [-0.05, 0) is 61.7 Å². The van der Waals surface area contributed by atoms with Gasteiger partial charge in [-0.2, -0.15) is 0 Å². The lowest BCUT2D eigenvalue weighted by atomic mass is 9.46. The zero-order chi connectivity index (χ0) is 20.3. The fourth-order valence-electron chi connectivity index (χ4n) is 7.73. The first-order chi connectivity index (χ1) is 13.1. The second-order valence-electron chi connectivity index (χ2n) is 10.0. The van der Waals surface area contributed by atoms with E-state index in [1.165, 1.54) is 0 Å². The predicted molar refractivity (Wildman–Crippen MR) is 99.1 cm³/mol. The van der Waals surface area contributed by atoms with Crippen LogP contribution in [-0.4, -0.2) is 56.9 Å². The van der Waals surface area contributed by atoms with Crippen LogP contribution in [0.1, 0.15) is 40.0 Å². The Bertz CT molecular complexity index is 846. The summed E-state index contributed by atoms with van der Waals surface area (Å²) in [6.07, 6.45) is 5.71. The van der Waals surface area contributed by atoms with E-state index >= 15 is 0 Å². The molecule has 5 aliphatic rings. The molecule has 0 aromatic heterocycles. The Morgan fingerprint density at radius 1 is 1.29 bits per heavy atom. The molecule has 6 nitrogen and oxygen atoms in total. The van der Waals surface area contributed by atoms with E-state index in [2.05, 4.69) is 0 Å². The van der Waals surface area contributed by atoms with Crippen molar-refractivity contribution in [2.24, 2.45) is 28.6 Å². The van der Waals surface area contributed by atoms with Gasteiger partial charge in [0.15, 0.2) is 11.6 Å². The minimum Gasteiger partial charge on any atom is -0.389 e. The quantitative estimate of drug-likeness (QED) is 0.608. The summed E-state index contributed by atoms with van der Waals surface area (Å²) in [6, 6.07) is 0. The van der Waals surface area contributed by atoms with Crippen LogP contribution < -0.4 is 0 Å². The van der Waals surface area contributed by atoms with Crippen LogP contribution in [0, 0.1) is 28.6 Å². The Labute approximate surface area is 164 Å². The number of fused-ring (bicyclic) bond motifs is 3. The zero-order valence-corrected chi connectivity index (χ0v) is 16.5. The van der Waals surface area contributed by atoms with Crippen molar-refractivity contribution >= 4 is 11.6 Å². The van der Waals surface area contributed by atoms with Crippen molar-refractivity contribution in [1.29, 1.82) is 0 Å². The molecule has 4 aliphatic carbocycles. The van der Waals surface area contributed by atoms with Crippen LogP contribution in [0.15, 0.2) is 23.8 Å². The number of allylic oxidation sites excluding steroid dienone is 2. The summed E-state index contributed by atoms with van der Waals surface area (Å²) < 4.78 is 6.37. The fraction of sp³-hybridized carbons (Fsp3) is 0.727. The van der Waals surface area contributed by atoms with Gasteiger partial charge >= 0.3 is 0 Å². The van der Waals surface area contributed by atoms with Gasteiger partial charge in [0.25, 0.3) is 0 Å². The monoisotopic (exact) mass is 388 g/mol. The highest BCUT2D eigenvalue weighted by Gasteiger charge is 2.82. The number of hydrogen-bond donors (Lipinski definition) is 3. The smallest absolute Gasteiger partial charge is 0.190 e. The van der Waals surface area contributed by atoms with Gasteiger partial charge in [0, 0.05) is 10.8 Å². The summed E-state index contributed by atoms with van der Waals surface area (Å²) in [6.45, 7) is 5.17. The van der Waals surface area contributed by atoms with Crippen molar-refractivity contribution < 1.29 is 29.6 Å². The molecule has 1 heterocycles. The second-order valence-corrected chi connectivity index (χ2v) is 10.0. The van der Waals surface area contributed by atoms with Crippen molar-refractivity contribution in [1.82, 2.24) is 0 Å². The molecule has 6 heteroatoms. The molecule has 1 saturated heterocycles. The Morgan fingerprint density at radius 3 is 2.68 bits per heavy atom. The SMILES string of the molecule is C[C@@H]1C[C@H]2[C@@H]3C[C@H](O)C4=CC(=O)C=C[C@]4(C)[C@@]34O[C@H]4C[C@]2(C)[C@@]1(O)C(=O)CO. The summed E-state index contributed by atoms with van der Waals surface area (Å²) >= 11 is 0. The number of aliphatic hydroxyl groups is 3. The van der Waals surface area contributed by atoms with Crippen molar-refractivity contribution in [3.05, 3.63) is 23.8 Å². The summed E-state index contributed by atoms with van der Waals surface area (Å²) in [5, 5.41) is 32.0. The van der Waals surface area contributed by atoms with Gasteiger partial charge in [0.05, 0.1) is 12.2 Å². The Hall–Kier alpha value is -1.34. The second kappa shape index (κ2) is 5.22.